The highest BCUT2D eigenvalue weighted by Crippen LogP contribution is 2.60. The largest absolute Gasteiger partial charge is 0.355 e. The summed E-state index contributed by atoms with van der Waals surface area (Å²) in [5.41, 5.74) is 13.9. The van der Waals surface area contributed by atoms with Gasteiger partial charge in [0.1, 0.15) is 0 Å². The molecule has 150 valence electrons. The average molecular weight is 400 g/mol. The summed E-state index contributed by atoms with van der Waals surface area (Å²) >= 11 is 0. The minimum absolute atomic E-state index is 0.00405. The van der Waals surface area contributed by atoms with Crippen molar-refractivity contribution in [2.75, 3.05) is 0 Å². The Morgan fingerprint density at radius 2 is 1.13 bits per heavy atom. The summed E-state index contributed by atoms with van der Waals surface area (Å²) in [5.74, 6) is 0. The molecule has 0 bridgehead atoms. The van der Waals surface area contributed by atoms with Crippen molar-refractivity contribution in [3.05, 3.63) is 95.1 Å². The lowest BCUT2D eigenvalue weighted by Gasteiger charge is -2.31. The molecule has 0 saturated carbocycles. The van der Waals surface area contributed by atoms with Crippen molar-refractivity contribution in [3.63, 3.8) is 0 Å². The van der Waals surface area contributed by atoms with Gasteiger partial charge in [-0.3, -0.25) is 0 Å². The molecule has 2 aliphatic rings. The van der Waals surface area contributed by atoms with Crippen LogP contribution in [0.2, 0.25) is 0 Å². The van der Waals surface area contributed by atoms with E-state index in [-0.39, 0.29) is 10.8 Å². The number of aromatic nitrogens is 1. The highest BCUT2D eigenvalue weighted by atomic mass is 14.7. The summed E-state index contributed by atoms with van der Waals surface area (Å²) in [5, 5.41) is 2.71. The number of hydrogen-bond donors (Lipinski definition) is 1. The number of aromatic amines is 1. The summed E-state index contributed by atoms with van der Waals surface area (Å²) in [6, 6.07) is 27.0. The third-order valence-corrected chi connectivity index (χ3v) is 7.93. The molecule has 0 saturated heterocycles. The molecule has 2 aliphatic carbocycles. The van der Waals surface area contributed by atoms with E-state index in [1.165, 1.54) is 66.3 Å². The molecule has 1 aromatic heterocycles. The van der Waals surface area contributed by atoms with Crippen molar-refractivity contribution >= 4 is 21.8 Å². The van der Waals surface area contributed by atoms with Crippen molar-refractivity contribution < 1.29 is 0 Å². The van der Waals surface area contributed by atoms with Gasteiger partial charge in [0.2, 0.25) is 0 Å². The number of hydrogen-bond acceptors (Lipinski definition) is 0. The Kier molecular flexibility index (Phi) is 2.96. The number of fused-ring (bicyclic) bond motifs is 11. The Labute approximate surface area is 182 Å². The minimum atomic E-state index is -0.0696. The lowest BCUT2D eigenvalue weighted by atomic mass is 9.72. The first kappa shape index (κ1) is 17.4. The van der Waals surface area contributed by atoms with Gasteiger partial charge in [-0.2, -0.15) is 0 Å². The van der Waals surface area contributed by atoms with Gasteiger partial charge in [-0.05, 0) is 56.6 Å². The first-order valence-corrected chi connectivity index (χ1v) is 11.2. The molecule has 1 heteroatoms. The van der Waals surface area contributed by atoms with E-state index in [1.54, 1.807) is 0 Å². The maximum Gasteiger partial charge on any atom is 0.0468 e. The fourth-order valence-electron chi connectivity index (χ4n) is 6.69. The van der Waals surface area contributed by atoms with Crippen LogP contribution in [-0.4, -0.2) is 4.98 Å². The number of nitrogens with one attached hydrogen (secondary N) is 1. The quantitative estimate of drug-likeness (QED) is 0.272. The van der Waals surface area contributed by atoms with Crippen molar-refractivity contribution in [2.45, 2.75) is 38.5 Å². The predicted molar refractivity (Wildman–Crippen MR) is 131 cm³/mol. The molecule has 0 spiro atoms. The van der Waals surface area contributed by atoms with Crippen LogP contribution in [0.25, 0.3) is 44.1 Å². The Bertz CT molecular complexity index is 1580. The van der Waals surface area contributed by atoms with Gasteiger partial charge in [-0.1, -0.05) is 88.4 Å². The third-order valence-electron chi connectivity index (χ3n) is 7.93. The molecular formula is C30H25N. The van der Waals surface area contributed by atoms with E-state index in [0.717, 1.165) is 0 Å². The Balaban J connectivity index is 1.63. The zero-order chi connectivity index (χ0) is 21.1. The van der Waals surface area contributed by atoms with Gasteiger partial charge in [-0.15, -0.1) is 0 Å². The molecule has 0 atom stereocenters. The topological polar surface area (TPSA) is 15.8 Å². The first-order valence-electron chi connectivity index (χ1n) is 11.2. The van der Waals surface area contributed by atoms with Gasteiger partial charge in [0.05, 0.1) is 0 Å². The molecule has 5 aromatic rings. The second kappa shape index (κ2) is 5.29. The van der Waals surface area contributed by atoms with E-state index in [1.807, 2.05) is 0 Å². The van der Waals surface area contributed by atoms with Gasteiger partial charge in [0.25, 0.3) is 0 Å². The molecule has 0 amide bonds. The van der Waals surface area contributed by atoms with Crippen molar-refractivity contribution in [2.24, 2.45) is 0 Å². The number of rotatable bonds is 0. The lowest BCUT2D eigenvalue weighted by Crippen LogP contribution is -2.24. The average Bonchev–Trinajstić information content (AvgIpc) is 3.33. The van der Waals surface area contributed by atoms with E-state index in [4.69, 9.17) is 0 Å². The van der Waals surface area contributed by atoms with Crippen LogP contribution in [-0.2, 0) is 10.8 Å². The van der Waals surface area contributed by atoms with Crippen LogP contribution in [0.4, 0.5) is 0 Å². The fraction of sp³-hybridized carbons (Fsp3) is 0.200. The Hall–Kier alpha value is -3.32. The van der Waals surface area contributed by atoms with Crippen molar-refractivity contribution in [1.29, 1.82) is 0 Å². The molecule has 0 radical (unpaired) electrons. The molecular weight excluding hydrogens is 374 g/mol. The maximum atomic E-state index is 3.65. The van der Waals surface area contributed by atoms with Crippen molar-refractivity contribution in [1.82, 2.24) is 4.98 Å². The maximum absolute atomic E-state index is 3.65. The molecule has 0 unspecified atom stereocenters. The van der Waals surface area contributed by atoms with Crippen LogP contribution in [0.15, 0.2) is 72.8 Å². The standard InChI is InChI=1S/C30H25N/c1-29(2)22-11-7-5-9-17(22)18-13-14-20-19-15-16-24-25(21-10-6-8-12-23(21)31-24)26(19)30(3,4)28(20)27(18)29/h5-16,31H,1-4H3. The second-order valence-electron chi connectivity index (χ2n) is 10.3. The minimum Gasteiger partial charge on any atom is -0.355 e. The number of H-pyrrole nitrogens is 1. The van der Waals surface area contributed by atoms with E-state index < -0.39 is 0 Å². The zero-order valence-electron chi connectivity index (χ0n) is 18.4. The number of para-hydroxylation sites is 1. The van der Waals surface area contributed by atoms with Crippen LogP contribution < -0.4 is 0 Å². The molecule has 1 heterocycles. The summed E-state index contributed by atoms with van der Waals surface area (Å²) in [6.07, 6.45) is 0. The predicted octanol–water partition coefficient (Wildman–Crippen LogP) is 7.93. The van der Waals surface area contributed by atoms with Crippen LogP contribution >= 0.6 is 0 Å². The van der Waals surface area contributed by atoms with Gasteiger partial charge >= 0.3 is 0 Å². The first-order chi connectivity index (χ1) is 14.9. The summed E-state index contributed by atoms with van der Waals surface area (Å²) in [4.78, 5) is 3.65. The van der Waals surface area contributed by atoms with Crippen LogP contribution in [0.3, 0.4) is 0 Å². The molecule has 1 nitrogen and oxygen atoms in total. The SMILES string of the molecule is CC1(C)c2ccccc2-c2ccc3c(c21)C(C)(C)c1c-3ccc2[nH]c3ccccc3c12. The molecule has 7 rings (SSSR count). The second-order valence-corrected chi connectivity index (χ2v) is 10.3. The van der Waals surface area contributed by atoms with E-state index in [9.17, 15) is 0 Å². The van der Waals surface area contributed by atoms with E-state index >= 15 is 0 Å². The smallest absolute Gasteiger partial charge is 0.0468 e. The molecule has 1 N–H and O–H groups in total. The summed E-state index contributed by atoms with van der Waals surface area (Å²) < 4.78 is 0. The van der Waals surface area contributed by atoms with Crippen LogP contribution in [0, 0.1) is 0 Å². The van der Waals surface area contributed by atoms with Gasteiger partial charge in [0, 0.05) is 32.6 Å². The third kappa shape index (κ3) is 1.89. The summed E-state index contributed by atoms with van der Waals surface area (Å²) in [7, 11) is 0. The monoisotopic (exact) mass is 399 g/mol. The molecule has 0 fully saturated rings. The summed E-state index contributed by atoms with van der Waals surface area (Å²) in [6.45, 7) is 9.66. The molecule has 0 aliphatic heterocycles. The highest BCUT2D eigenvalue weighted by molar-refractivity contribution is 6.13. The van der Waals surface area contributed by atoms with Gasteiger partial charge in [0.15, 0.2) is 0 Å². The van der Waals surface area contributed by atoms with Crippen molar-refractivity contribution in [3.8, 4) is 22.3 Å². The Morgan fingerprint density at radius 3 is 1.97 bits per heavy atom. The Morgan fingerprint density at radius 1 is 0.516 bits per heavy atom. The molecule has 31 heavy (non-hydrogen) atoms. The van der Waals surface area contributed by atoms with Crippen LogP contribution in [0.1, 0.15) is 49.9 Å². The van der Waals surface area contributed by atoms with E-state index in [0.29, 0.717) is 0 Å². The highest BCUT2D eigenvalue weighted by Gasteiger charge is 2.46. The fourth-order valence-corrected chi connectivity index (χ4v) is 6.69. The van der Waals surface area contributed by atoms with Crippen LogP contribution in [0.5, 0.6) is 0 Å². The lowest BCUT2D eigenvalue weighted by molar-refractivity contribution is 0.604. The number of benzene rings is 4. The zero-order valence-corrected chi connectivity index (χ0v) is 18.4. The normalized spacial score (nSPS) is 16.9. The molecule has 4 aromatic carbocycles. The van der Waals surface area contributed by atoms with Gasteiger partial charge < -0.3 is 4.98 Å². The van der Waals surface area contributed by atoms with Gasteiger partial charge in [-0.25, -0.2) is 0 Å². The van der Waals surface area contributed by atoms with E-state index in [2.05, 4.69) is 105 Å².